The molecule has 0 aromatic heterocycles. The van der Waals surface area contributed by atoms with Crippen LogP contribution in [-0.4, -0.2) is 95.7 Å². The molecule has 0 aromatic carbocycles. The molecular formula is C28H46N4O6. The maximum atomic E-state index is 12.2. The maximum Gasteiger partial charge on any atom is 0.410 e. The van der Waals surface area contributed by atoms with Crippen molar-refractivity contribution in [3.8, 4) is 0 Å². The molecule has 0 aromatic rings. The molecule has 0 bridgehead atoms. The van der Waals surface area contributed by atoms with Crippen molar-refractivity contribution in [2.24, 2.45) is 0 Å². The summed E-state index contributed by atoms with van der Waals surface area (Å²) in [4.78, 5) is 64.5. The molecule has 2 aliphatic rings. The smallest absolute Gasteiger partial charge is 0.410 e. The number of rotatable bonds is 16. The summed E-state index contributed by atoms with van der Waals surface area (Å²) in [6, 6.07) is 0. The fraction of sp³-hybridized carbons (Fsp3) is 0.750. The van der Waals surface area contributed by atoms with E-state index in [1.165, 1.54) is 17.1 Å². The molecule has 2 heterocycles. The van der Waals surface area contributed by atoms with E-state index in [2.05, 4.69) is 10.2 Å². The molecule has 4 amide bonds. The van der Waals surface area contributed by atoms with Gasteiger partial charge in [-0.25, -0.2) is 4.79 Å². The number of ketones is 1. The van der Waals surface area contributed by atoms with E-state index in [1.54, 1.807) is 4.90 Å². The number of carbonyl (C=O) groups excluding carboxylic acids is 5. The molecule has 1 N–H and O–H groups in total. The highest BCUT2D eigenvalue weighted by Crippen LogP contribution is 2.13. The van der Waals surface area contributed by atoms with Gasteiger partial charge in [-0.3, -0.25) is 29.0 Å². The van der Waals surface area contributed by atoms with E-state index in [1.807, 2.05) is 20.8 Å². The number of nitrogens with one attached hydrogen (secondary N) is 1. The largest absolute Gasteiger partial charge is 0.444 e. The van der Waals surface area contributed by atoms with Gasteiger partial charge in [0.05, 0.1) is 0 Å². The molecule has 0 unspecified atom stereocenters. The summed E-state index contributed by atoms with van der Waals surface area (Å²) in [7, 11) is 0. The first-order chi connectivity index (χ1) is 18.0. The molecule has 1 fully saturated rings. The third kappa shape index (κ3) is 12.7. The second kappa shape index (κ2) is 16.3. The van der Waals surface area contributed by atoms with Gasteiger partial charge in [-0.05, 0) is 59.4 Å². The number of amides is 4. The van der Waals surface area contributed by atoms with E-state index in [9.17, 15) is 24.0 Å². The van der Waals surface area contributed by atoms with E-state index in [0.29, 0.717) is 51.9 Å². The number of nitrogens with zero attached hydrogens (tertiary/aromatic N) is 3. The van der Waals surface area contributed by atoms with Crippen LogP contribution < -0.4 is 5.32 Å². The van der Waals surface area contributed by atoms with E-state index in [-0.39, 0.29) is 29.6 Å². The molecule has 0 saturated carbocycles. The predicted octanol–water partition coefficient (Wildman–Crippen LogP) is 3.05. The van der Waals surface area contributed by atoms with Crippen molar-refractivity contribution in [3.63, 3.8) is 0 Å². The van der Waals surface area contributed by atoms with Gasteiger partial charge in [0.2, 0.25) is 5.91 Å². The minimum atomic E-state index is -0.482. The van der Waals surface area contributed by atoms with Crippen molar-refractivity contribution < 1.29 is 28.7 Å². The summed E-state index contributed by atoms with van der Waals surface area (Å²) in [5, 5.41) is 2.92. The second-order valence-corrected chi connectivity index (χ2v) is 11.1. The zero-order valence-corrected chi connectivity index (χ0v) is 23.5. The van der Waals surface area contributed by atoms with Crippen LogP contribution in [0.2, 0.25) is 0 Å². The lowest BCUT2D eigenvalue weighted by Crippen LogP contribution is -2.50. The van der Waals surface area contributed by atoms with Crippen molar-refractivity contribution in [2.45, 2.75) is 90.6 Å². The molecule has 10 nitrogen and oxygen atoms in total. The number of Topliss-reactive ketones (excluding diaryl/α,β-unsaturated/α-hetero) is 1. The van der Waals surface area contributed by atoms with Gasteiger partial charge in [0, 0.05) is 70.7 Å². The molecule has 2 aliphatic heterocycles. The van der Waals surface area contributed by atoms with Gasteiger partial charge in [0.1, 0.15) is 11.4 Å². The molecule has 0 radical (unpaired) electrons. The number of hydrogen-bond donors (Lipinski definition) is 1. The molecule has 0 aliphatic carbocycles. The Kier molecular flexibility index (Phi) is 13.5. The quantitative estimate of drug-likeness (QED) is 0.239. The third-order valence-corrected chi connectivity index (χ3v) is 6.59. The number of carbonyl (C=O) groups is 5. The molecule has 1 saturated heterocycles. The van der Waals surface area contributed by atoms with Gasteiger partial charge in [-0.1, -0.05) is 12.8 Å². The lowest BCUT2D eigenvalue weighted by Gasteiger charge is -2.35. The molecule has 0 atom stereocenters. The minimum absolute atomic E-state index is 0.0167. The summed E-state index contributed by atoms with van der Waals surface area (Å²) in [5.74, 6) is -0.222. The monoisotopic (exact) mass is 534 g/mol. The number of imide groups is 1. The Morgan fingerprint density at radius 2 is 1.39 bits per heavy atom. The van der Waals surface area contributed by atoms with Crippen LogP contribution in [-0.2, 0) is 23.9 Å². The molecule has 38 heavy (non-hydrogen) atoms. The number of piperazine rings is 1. The van der Waals surface area contributed by atoms with Gasteiger partial charge in [-0.2, -0.15) is 0 Å². The second-order valence-electron chi connectivity index (χ2n) is 11.1. The normalized spacial score (nSPS) is 16.3. The number of unbranched alkanes of at least 4 members (excludes halogenated alkanes) is 4. The summed E-state index contributed by atoms with van der Waals surface area (Å²) < 4.78 is 5.43. The van der Waals surface area contributed by atoms with Gasteiger partial charge >= 0.3 is 6.09 Å². The Bertz CT molecular complexity index is 825. The molecular weight excluding hydrogens is 488 g/mol. The summed E-state index contributed by atoms with van der Waals surface area (Å²) in [5.41, 5.74) is -0.482. The van der Waals surface area contributed by atoms with Crippen LogP contribution in [0.4, 0.5) is 4.79 Å². The molecule has 2 rings (SSSR count). The average molecular weight is 535 g/mol. The van der Waals surface area contributed by atoms with Crippen molar-refractivity contribution >= 4 is 29.6 Å². The van der Waals surface area contributed by atoms with Crippen LogP contribution in [0.3, 0.4) is 0 Å². The first kappa shape index (κ1) is 31.5. The highest BCUT2D eigenvalue weighted by molar-refractivity contribution is 6.12. The highest BCUT2D eigenvalue weighted by atomic mass is 16.6. The summed E-state index contributed by atoms with van der Waals surface area (Å²) in [6.07, 6.45) is 9.56. The maximum absolute atomic E-state index is 12.2. The van der Waals surface area contributed by atoms with Gasteiger partial charge in [-0.15, -0.1) is 0 Å². The Labute approximate surface area is 227 Å². The highest BCUT2D eigenvalue weighted by Gasteiger charge is 2.25. The topological polar surface area (TPSA) is 116 Å². The van der Waals surface area contributed by atoms with Crippen molar-refractivity contribution in [1.29, 1.82) is 0 Å². The first-order valence-corrected chi connectivity index (χ1v) is 14.1. The third-order valence-electron chi connectivity index (χ3n) is 6.59. The summed E-state index contributed by atoms with van der Waals surface area (Å²) in [6.45, 7) is 10.4. The lowest BCUT2D eigenvalue weighted by molar-refractivity contribution is -0.137. The van der Waals surface area contributed by atoms with Crippen LogP contribution >= 0.6 is 0 Å². The van der Waals surface area contributed by atoms with Crippen LogP contribution in [0.15, 0.2) is 12.2 Å². The SMILES string of the molecule is CC(C)(C)OC(=O)N1CCN(CCCC(=O)CCCCCNC(=O)CCCCCN2C(=O)C=CC2=O)CC1. The van der Waals surface area contributed by atoms with Crippen LogP contribution in [0.1, 0.15) is 85.0 Å². The molecule has 0 spiro atoms. The Hall–Kier alpha value is -2.75. The van der Waals surface area contributed by atoms with E-state index < -0.39 is 5.60 Å². The van der Waals surface area contributed by atoms with E-state index >= 15 is 0 Å². The Balaban J connectivity index is 1.38. The van der Waals surface area contributed by atoms with Crippen LogP contribution in [0, 0.1) is 0 Å². The Morgan fingerprint density at radius 3 is 2.05 bits per heavy atom. The fourth-order valence-electron chi connectivity index (χ4n) is 4.43. The van der Waals surface area contributed by atoms with Gasteiger partial charge in [0.15, 0.2) is 0 Å². The predicted molar refractivity (Wildman–Crippen MR) is 144 cm³/mol. The van der Waals surface area contributed by atoms with Crippen LogP contribution in [0.25, 0.3) is 0 Å². The summed E-state index contributed by atoms with van der Waals surface area (Å²) >= 11 is 0. The van der Waals surface area contributed by atoms with Crippen LogP contribution in [0.5, 0.6) is 0 Å². The van der Waals surface area contributed by atoms with E-state index in [0.717, 1.165) is 58.2 Å². The first-order valence-electron chi connectivity index (χ1n) is 14.1. The van der Waals surface area contributed by atoms with Gasteiger partial charge in [0.25, 0.3) is 11.8 Å². The van der Waals surface area contributed by atoms with E-state index in [4.69, 9.17) is 4.74 Å². The zero-order chi connectivity index (χ0) is 28.0. The lowest BCUT2D eigenvalue weighted by atomic mass is 10.1. The number of hydrogen-bond acceptors (Lipinski definition) is 7. The van der Waals surface area contributed by atoms with Gasteiger partial charge < -0.3 is 15.0 Å². The Morgan fingerprint density at radius 1 is 0.789 bits per heavy atom. The zero-order valence-electron chi connectivity index (χ0n) is 23.5. The molecule has 10 heteroatoms. The number of ether oxygens (including phenoxy) is 1. The van der Waals surface area contributed by atoms with Crippen molar-refractivity contribution in [3.05, 3.63) is 12.2 Å². The molecule has 214 valence electrons. The van der Waals surface area contributed by atoms with Crippen molar-refractivity contribution in [1.82, 2.24) is 20.0 Å². The average Bonchev–Trinajstić information content (AvgIpc) is 3.17. The minimum Gasteiger partial charge on any atom is -0.444 e. The fourth-order valence-corrected chi connectivity index (χ4v) is 4.43. The van der Waals surface area contributed by atoms with Crippen molar-refractivity contribution in [2.75, 3.05) is 45.8 Å². The standard InChI is InChI=1S/C28H46N4O6/c1-28(2,3)38-27(37)31-21-19-30(20-22-31)17-10-12-23(33)11-6-4-8-16-29-24(34)13-7-5-9-18-32-25(35)14-15-26(32)36/h14-15H,4-13,16-22H2,1-3H3,(H,29,34).